The molecule has 3 N–H and O–H groups in total. The molecule has 1 heterocycles. The quantitative estimate of drug-likeness (QED) is 0.825. The van der Waals surface area contributed by atoms with Crippen molar-refractivity contribution >= 4 is 11.6 Å². The van der Waals surface area contributed by atoms with Crippen LogP contribution in [0.25, 0.3) is 0 Å². The second kappa shape index (κ2) is 7.09. The van der Waals surface area contributed by atoms with Gasteiger partial charge in [-0.1, -0.05) is 11.8 Å². The maximum Gasteiger partial charge on any atom is 0.226 e. The van der Waals surface area contributed by atoms with Crippen LogP contribution in [0.5, 0.6) is 0 Å². The minimum atomic E-state index is -0.00269. The largest absolute Gasteiger partial charge is 0.378 e. The first-order chi connectivity index (χ1) is 9.69. The first kappa shape index (κ1) is 14.6. The number of amides is 1. The fraction of sp³-hybridized carbons (Fsp3) is 0.438. The van der Waals surface area contributed by atoms with Gasteiger partial charge < -0.3 is 15.8 Å². The molecular formula is C16H20N2O2. The van der Waals surface area contributed by atoms with Crippen LogP contribution in [-0.4, -0.2) is 25.2 Å². The number of hydrogen-bond donors (Lipinski definition) is 2. The predicted octanol–water partition coefficient (Wildman–Crippen LogP) is 1.81. The van der Waals surface area contributed by atoms with Gasteiger partial charge in [0.15, 0.2) is 0 Å². The molecule has 1 amide bonds. The van der Waals surface area contributed by atoms with Gasteiger partial charge >= 0.3 is 0 Å². The molecule has 106 valence electrons. The summed E-state index contributed by atoms with van der Waals surface area (Å²) in [7, 11) is 0. The number of carbonyl (C=O) groups excluding carboxylic acids is 1. The number of nitrogens with one attached hydrogen (secondary N) is 1. The van der Waals surface area contributed by atoms with Gasteiger partial charge in [-0.05, 0) is 43.5 Å². The lowest BCUT2D eigenvalue weighted by Crippen LogP contribution is -2.19. The van der Waals surface area contributed by atoms with Crippen molar-refractivity contribution in [3.8, 4) is 11.8 Å². The third-order valence-electron chi connectivity index (χ3n) is 3.27. The van der Waals surface area contributed by atoms with Gasteiger partial charge in [-0.2, -0.15) is 0 Å². The van der Waals surface area contributed by atoms with Gasteiger partial charge in [0, 0.05) is 17.9 Å². The van der Waals surface area contributed by atoms with Gasteiger partial charge in [-0.3, -0.25) is 4.79 Å². The number of anilines is 1. The maximum atomic E-state index is 11.9. The molecule has 4 nitrogen and oxygen atoms in total. The molecule has 4 heteroatoms. The molecule has 0 spiro atoms. The number of nitrogens with two attached hydrogens (primary N) is 1. The molecule has 1 aliphatic rings. The lowest BCUT2D eigenvalue weighted by Gasteiger charge is -2.10. The molecule has 0 radical (unpaired) electrons. The molecular weight excluding hydrogens is 252 g/mol. The molecule has 1 unspecified atom stereocenters. The molecule has 1 aliphatic heterocycles. The van der Waals surface area contributed by atoms with Gasteiger partial charge in [-0.15, -0.1) is 0 Å². The highest BCUT2D eigenvalue weighted by atomic mass is 16.5. The minimum Gasteiger partial charge on any atom is -0.378 e. The normalized spacial score (nSPS) is 17.4. The second-order valence-electron chi connectivity index (χ2n) is 4.92. The molecule has 20 heavy (non-hydrogen) atoms. The van der Waals surface area contributed by atoms with Crippen molar-refractivity contribution in [1.82, 2.24) is 0 Å². The van der Waals surface area contributed by atoms with Gasteiger partial charge in [0.25, 0.3) is 0 Å². The third kappa shape index (κ3) is 4.09. The standard InChI is InChI=1S/C16H20N2O2/c1-12-10-14(7-6-13(12)4-2-8-17)18-16(19)11-15-5-3-9-20-15/h6-7,10,15H,3,5,8-9,11,17H2,1H3,(H,18,19). The highest BCUT2D eigenvalue weighted by molar-refractivity contribution is 5.91. The summed E-state index contributed by atoms with van der Waals surface area (Å²) in [6.07, 6.45) is 2.52. The van der Waals surface area contributed by atoms with Crippen molar-refractivity contribution in [2.24, 2.45) is 5.73 Å². The van der Waals surface area contributed by atoms with Crippen molar-refractivity contribution in [1.29, 1.82) is 0 Å². The van der Waals surface area contributed by atoms with Gasteiger partial charge in [0.05, 0.1) is 19.1 Å². The topological polar surface area (TPSA) is 64.3 Å². The molecule has 0 aliphatic carbocycles. The van der Waals surface area contributed by atoms with Crippen LogP contribution in [0, 0.1) is 18.8 Å². The minimum absolute atomic E-state index is 0.00269. The van der Waals surface area contributed by atoms with Gasteiger partial charge in [0.1, 0.15) is 0 Å². The van der Waals surface area contributed by atoms with E-state index in [1.165, 1.54) is 0 Å². The predicted molar refractivity (Wildman–Crippen MR) is 79.3 cm³/mol. The zero-order chi connectivity index (χ0) is 14.4. The van der Waals surface area contributed by atoms with E-state index in [9.17, 15) is 4.79 Å². The first-order valence-electron chi connectivity index (χ1n) is 6.90. The van der Waals surface area contributed by atoms with Crippen LogP contribution in [0.1, 0.15) is 30.4 Å². The molecule has 0 aromatic heterocycles. The Morgan fingerprint density at radius 3 is 3.05 bits per heavy atom. The summed E-state index contributed by atoms with van der Waals surface area (Å²) in [6, 6.07) is 5.69. The first-order valence-corrected chi connectivity index (χ1v) is 6.90. The summed E-state index contributed by atoms with van der Waals surface area (Å²) < 4.78 is 5.46. The summed E-state index contributed by atoms with van der Waals surface area (Å²) >= 11 is 0. The van der Waals surface area contributed by atoms with Crippen LogP contribution in [0.15, 0.2) is 18.2 Å². The molecule has 2 rings (SSSR count). The molecule has 0 saturated carbocycles. The number of ether oxygens (including phenoxy) is 1. The molecule has 1 fully saturated rings. The van der Waals surface area contributed by atoms with E-state index in [2.05, 4.69) is 17.2 Å². The number of hydrogen-bond acceptors (Lipinski definition) is 3. The lowest BCUT2D eigenvalue weighted by atomic mass is 10.1. The summed E-state index contributed by atoms with van der Waals surface area (Å²) in [5.41, 5.74) is 8.12. The van der Waals surface area contributed by atoms with Crippen LogP contribution >= 0.6 is 0 Å². The molecule has 1 saturated heterocycles. The number of benzene rings is 1. The summed E-state index contributed by atoms with van der Waals surface area (Å²) in [5.74, 6) is 5.83. The van der Waals surface area contributed by atoms with Crippen LogP contribution < -0.4 is 11.1 Å². The highest BCUT2D eigenvalue weighted by Gasteiger charge is 2.19. The van der Waals surface area contributed by atoms with E-state index in [0.29, 0.717) is 13.0 Å². The van der Waals surface area contributed by atoms with E-state index >= 15 is 0 Å². The van der Waals surface area contributed by atoms with Crippen LogP contribution in [0.3, 0.4) is 0 Å². The smallest absolute Gasteiger partial charge is 0.226 e. The van der Waals surface area contributed by atoms with Crippen LogP contribution in [-0.2, 0) is 9.53 Å². The monoisotopic (exact) mass is 272 g/mol. The average Bonchev–Trinajstić information content (AvgIpc) is 2.90. The Morgan fingerprint density at radius 1 is 1.55 bits per heavy atom. The Morgan fingerprint density at radius 2 is 2.40 bits per heavy atom. The van der Waals surface area contributed by atoms with E-state index in [1.54, 1.807) is 0 Å². The molecule has 1 aromatic rings. The van der Waals surface area contributed by atoms with E-state index in [-0.39, 0.29) is 12.0 Å². The molecule has 1 atom stereocenters. The SMILES string of the molecule is Cc1cc(NC(=O)CC2CCCO2)ccc1C#CCN. The lowest BCUT2D eigenvalue weighted by molar-refractivity contribution is -0.118. The van der Waals surface area contributed by atoms with Gasteiger partial charge in [-0.25, -0.2) is 0 Å². The molecule has 0 bridgehead atoms. The Balaban J connectivity index is 1.95. The van der Waals surface area contributed by atoms with E-state index in [4.69, 9.17) is 10.5 Å². The van der Waals surface area contributed by atoms with Crippen molar-refractivity contribution in [3.63, 3.8) is 0 Å². The third-order valence-corrected chi connectivity index (χ3v) is 3.27. The number of carbonyl (C=O) groups is 1. The van der Waals surface area contributed by atoms with Crippen LogP contribution in [0.4, 0.5) is 5.69 Å². The summed E-state index contributed by atoms with van der Waals surface area (Å²) in [5, 5.41) is 2.90. The van der Waals surface area contributed by atoms with Crippen LogP contribution in [0.2, 0.25) is 0 Å². The summed E-state index contributed by atoms with van der Waals surface area (Å²) in [6.45, 7) is 3.08. The van der Waals surface area contributed by atoms with Crippen molar-refractivity contribution in [3.05, 3.63) is 29.3 Å². The number of aryl methyl sites for hydroxylation is 1. The second-order valence-corrected chi connectivity index (χ2v) is 4.92. The van der Waals surface area contributed by atoms with Crippen molar-refractivity contribution in [2.45, 2.75) is 32.3 Å². The Hall–Kier alpha value is -1.83. The average molecular weight is 272 g/mol. The van der Waals surface area contributed by atoms with E-state index < -0.39 is 0 Å². The Bertz CT molecular complexity index is 537. The van der Waals surface area contributed by atoms with Crippen molar-refractivity contribution in [2.75, 3.05) is 18.5 Å². The zero-order valence-electron chi connectivity index (χ0n) is 11.7. The van der Waals surface area contributed by atoms with Gasteiger partial charge in [0.2, 0.25) is 5.91 Å². The maximum absolute atomic E-state index is 11.9. The van der Waals surface area contributed by atoms with E-state index in [0.717, 1.165) is 36.3 Å². The number of rotatable bonds is 3. The highest BCUT2D eigenvalue weighted by Crippen LogP contribution is 2.18. The fourth-order valence-corrected chi connectivity index (χ4v) is 2.25. The Labute approximate surface area is 119 Å². The van der Waals surface area contributed by atoms with Crippen molar-refractivity contribution < 1.29 is 9.53 Å². The Kier molecular flexibility index (Phi) is 5.16. The zero-order valence-corrected chi connectivity index (χ0v) is 11.7. The molecule has 1 aromatic carbocycles. The fourth-order valence-electron chi connectivity index (χ4n) is 2.25. The van der Waals surface area contributed by atoms with E-state index in [1.807, 2.05) is 25.1 Å². The summed E-state index contributed by atoms with van der Waals surface area (Å²) in [4.78, 5) is 11.9.